The number of amides is 2. The Hall–Kier alpha value is -2.39. The molecule has 23 heavy (non-hydrogen) atoms. The van der Waals surface area contributed by atoms with Gasteiger partial charge in [0.1, 0.15) is 0 Å². The molecule has 0 saturated carbocycles. The van der Waals surface area contributed by atoms with Crippen LogP contribution < -0.4 is 5.32 Å². The smallest absolute Gasteiger partial charge is 0.255 e. The van der Waals surface area contributed by atoms with E-state index in [2.05, 4.69) is 21.1 Å². The first-order chi connectivity index (χ1) is 11.1. The van der Waals surface area contributed by atoms with Crippen LogP contribution >= 0.6 is 0 Å². The van der Waals surface area contributed by atoms with Gasteiger partial charge < -0.3 is 10.2 Å². The van der Waals surface area contributed by atoms with Gasteiger partial charge in [-0.1, -0.05) is 5.92 Å². The summed E-state index contributed by atoms with van der Waals surface area (Å²) < 4.78 is 0. The highest BCUT2D eigenvalue weighted by Gasteiger charge is 2.22. The summed E-state index contributed by atoms with van der Waals surface area (Å²) in [6.45, 7) is 5.17. The van der Waals surface area contributed by atoms with Crippen LogP contribution in [0.15, 0.2) is 18.3 Å². The Morgan fingerprint density at radius 1 is 1.35 bits per heavy atom. The summed E-state index contributed by atoms with van der Waals surface area (Å²) in [7, 11) is 0. The average molecular weight is 314 g/mol. The molecular formula is C17H22N4O2. The summed E-state index contributed by atoms with van der Waals surface area (Å²) in [6, 6.07) is 3.58. The highest BCUT2D eigenvalue weighted by molar-refractivity contribution is 5.95. The van der Waals surface area contributed by atoms with Crippen LogP contribution in [-0.2, 0) is 4.79 Å². The molecule has 1 N–H and O–H groups in total. The third kappa shape index (κ3) is 4.80. The third-order valence-electron chi connectivity index (χ3n) is 3.87. The van der Waals surface area contributed by atoms with E-state index in [1.807, 2.05) is 11.8 Å². The molecule has 2 heterocycles. The van der Waals surface area contributed by atoms with Gasteiger partial charge in [-0.15, -0.1) is 6.42 Å². The van der Waals surface area contributed by atoms with Crippen molar-refractivity contribution in [3.05, 3.63) is 29.6 Å². The first-order valence-corrected chi connectivity index (χ1v) is 7.75. The fourth-order valence-corrected chi connectivity index (χ4v) is 2.62. The second-order valence-corrected chi connectivity index (χ2v) is 5.54. The predicted octanol–water partition coefficient (Wildman–Crippen LogP) is 0.287. The van der Waals surface area contributed by atoms with Gasteiger partial charge in [-0.05, 0) is 25.5 Å². The van der Waals surface area contributed by atoms with E-state index in [9.17, 15) is 9.59 Å². The fourth-order valence-electron chi connectivity index (χ4n) is 2.62. The molecule has 122 valence electrons. The second kappa shape index (κ2) is 8.30. The number of aryl methyl sites for hydroxylation is 1. The van der Waals surface area contributed by atoms with E-state index in [0.29, 0.717) is 31.7 Å². The Kier molecular flexibility index (Phi) is 6.12. The molecule has 1 fully saturated rings. The van der Waals surface area contributed by atoms with Crippen LogP contribution in [0.25, 0.3) is 0 Å². The van der Waals surface area contributed by atoms with Gasteiger partial charge in [-0.25, -0.2) is 0 Å². The van der Waals surface area contributed by atoms with Crippen molar-refractivity contribution in [1.29, 1.82) is 0 Å². The van der Waals surface area contributed by atoms with E-state index in [1.165, 1.54) is 0 Å². The lowest BCUT2D eigenvalue weighted by Gasteiger charge is -2.22. The van der Waals surface area contributed by atoms with Gasteiger partial charge in [0.2, 0.25) is 5.91 Å². The summed E-state index contributed by atoms with van der Waals surface area (Å²) in [5, 5.41) is 2.66. The monoisotopic (exact) mass is 314 g/mol. The van der Waals surface area contributed by atoms with E-state index >= 15 is 0 Å². The molecule has 1 aliphatic rings. The van der Waals surface area contributed by atoms with Gasteiger partial charge in [0, 0.05) is 38.1 Å². The zero-order valence-corrected chi connectivity index (χ0v) is 13.4. The van der Waals surface area contributed by atoms with Crippen molar-refractivity contribution < 1.29 is 9.59 Å². The second-order valence-electron chi connectivity index (χ2n) is 5.54. The number of aromatic nitrogens is 1. The number of nitrogens with one attached hydrogen (secondary N) is 1. The molecule has 1 saturated heterocycles. The minimum atomic E-state index is -0.0779. The van der Waals surface area contributed by atoms with Crippen molar-refractivity contribution in [1.82, 2.24) is 20.1 Å². The van der Waals surface area contributed by atoms with Gasteiger partial charge in [0.15, 0.2) is 0 Å². The van der Waals surface area contributed by atoms with Gasteiger partial charge in [0.05, 0.1) is 18.7 Å². The molecule has 6 nitrogen and oxygen atoms in total. The third-order valence-corrected chi connectivity index (χ3v) is 3.87. The molecule has 1 aliphatic heterocycles. The molecule has 2 rings (SSSR count). The Labute approximate surface area is 136 Å². The highest BCUT2D eigenvalue weighted by Crippen LogP contribution is 2.11. The predicted molar refractivity (Wildman–Crippen MR) is 87.8 cm³/mol. The van der Waals surface area contributed by atoms with Crippen molar-refractivity contribution in [2.45, 2.75) is 13.3 Å². The summed E-state index contributed by atoms with van der Waals surface area (Å²) in [4.78, 5) is 32.4. The van der Waals surface area contributed by atoms with Gasteiger partial charge in [-0.3, -0.25) is 19.5 Å². The maximum absolute atomic E-state index is 12.6. The number of carbonyl (C=O) groups is 2. The number of pyridine rings is 1. The molecule has 0 aliphatic carbocycles. The average Bonchev–Trinajstić information content (AvgIpc) is 2.78. The van der Waals surface area contributed by atoms with Crippen molar-refractivity contribution in [3.8, 4) is 12.3 Å². The zero-order chi connectivity index (χ0) is 16.7. The lowest BCUT2D eigenvalue weighted by atomic mass is 10.2. The van der Waals surface area contributed by atoms with Crippen LogP contribution in [0.1, 0.15) is 22.5 Å². The van der Waals surface area contributed by atoms with E-state index in [0.717, 1.165) is 18.7 Å². The topological polar surface area (TPSA) is 65.5 Å². The summed E-state index contributed by atoms with van der Waals surface area (Å²) in [6.07, 6.45) is 7.65. The van der Waals surface area contributed by atoms with Crippen molar-refractivity contribution >= 4 is 11.8 Å². The highest BCUT2D eigenvalue weighted by atomic mass is 16.2. The molecule has 0 spiro atoms. The Bertz CT molecular complexity index is 609. The quantitative estimate of drug-likeness (QED) is 0.811. The molecule has 0 unspecified atom stereocenters. The lowest BCUT2D eigenvalue weighted by molar-refractivity contribution is -0.121. The normalized spacial score (nSPS) is 15.6. The van der Waals surface area contributed by atoms with Crippen LogP contribution in [-0.4, -0.2) is 65.9 Å². The number of rotatable bonds is 4. The number of carbonyl (C=O) groups excluding carboxylic acids is 2. The van der Waals surface area contributed by atoms with Crippen LogP contribution in [0.5, 0.6) is 0 Å². The molecule has 1 aromatic heterocycles. The van der Waals surface area contributed by atoms with E-state index in [-0.39, 0.29) is 18.4 Å². The first kappa shape index (κ1) is 17.0. The van der Waals surface area contributed by atoms with E-state index in [4.69, 9.17) is 6.42 Å². The molecule has 0 atom stereocenters. The van der Waals surface area contributed by atoms with E-state index in [1.54, 1.807) is 18.3 Å². The Balaban J connectivity index is 1.91. The molecule has 2 amide bonds. The minimum Gasteiger partial charge on any atom is -0.344 e. The van der Waals surface area contributed by atoms with Crippen molar-refractivity contribution in [2.24, 2.45) is 0 Å². The molecule has 1 aromatic rings. The van der Waals surface area contributed by atoms with Crippen LogP contribution in [0, 0.1) is 19.3 Å². The van der Waals surface area contributed by atoms with Crippen molar-refractivity contribution in [2.75, 3.05) is 39.3 Å². The van der Waals surface area contributed by atoms with Crippen molar-refractivity contribution in [3.63, 3.8) is 0 Å². The molecule has 0 bridgehead atoms. The maximum atomic E-state index is 12.6. The number of hydrogen-bond donors (Lipinski definition) is 1. The first-order valence-electron chi connectivity index (χ1n) is 7.75. The molecule has 6 heteroatoms. The Morgan fingerprint density at radius 2 is 2.17 bits per heavy atom. The standard InChI is InChI=1S/C17H22N4O2/c1-3-7-19-16(22)13-20-9-5-10-21(12-11-20)17(23)15-6-4-8-18-14(15)2/h1,4,6,8H,5,7,9-13H2,2H3,(H,19,22). The zero-order valence-electron chi connectivity index (χ0n) is 13.4. The van der Waals surface area contributed by atoms with Crippen LogP contribution in [0.4, 0.5) is 0 Å². The van der Waals surface area contributed by atoms with Crippen LogP contribution in [0.3, 0.4) is 0 Å². The lowest BCUT2D eigenvalue weighted by Crippen LogP contribution is -2.40. The molecule has 0 aromatic carbocycles. The van der Waals surface area contributed by atoms with Crippen LogP contribution in [0.2, 0.25) is 0 Å². The molecular weight excluding hydrogens is 292 g/mol. The summed E-state index contributed by atoms with van der Waals surface area (Å²) >= 11 is 0. The Morgan fingerprint density at radius 3 is 2.91 bits per heavy atom. The number of nitrogens with zero attached hydrogens (tertiary/aromatic N) is 3. The SMILES string of the molecule is C#CCNC(=O)CN1CCCN(C(=O)c2cccnc2C)CC1. The summed E-state index contributed by atoms with van der Waals surface area (Å²) in [5.74, 6) is 2.31. The number of terminal acetylenes is 1. The minimum absolute atomic E-state index is 0.00855. The maximum Gasteiger partial charge on any atom is 0.255 e. The largest absolute Gasteiger partial charge is 0.344 e. The van der Waals surface area contributed by atoms with Gasteiger partial charge in [0.25, 0.3) is 5.91 Å². The molecule has 0 radical (unpaired) electrons. The number of hydrogen-bond acceptors (Lipinski definition) is 4. The van der Waals surface area contributed by atoms with Gasteiger partial charge in [-0.2, -0.15) is 0 Å². The van der Waals surface area contributed by atoms with E-state index < -0.39 is 0 Å². The van der Waals surface area contributed by atoms with Gasteiger partial charge >= 0.3 is 0 Å². The fraction of sp³-hybridized carbons (Fsp3) is 0.471. The summed E-state index contributed by atoms with van der Waals surface area (Å²) in [5.41, 5.74) is 1.39.